The molecule has 0 unspecified atom stereocenters. The molecule has 1 aliphatic heterocycles. The zero-order chi connectivity index (χ0) is 28.3. The number of benzene rings is 2. The topological polar surface area (TPSA) is 122 Å². The van der Waals surface area contributed by atoms with Gasteiger partial charge in [0, 0.05) is 19.4 Å². The van der Waals surface area contributed by atoms with Gasteiger partial charge < -0.3 is 18.9 Å². The fourth-order valence-corrected chi connectivity index (χ4v) is 5.23. The molecule has 0 fully saturated rings. The van der Waals surface area contributed by atoms with Crippen molar-refractivity contribution in [2.24, 2.45) is 4.99 Å². The molecule has 0 saturated heterocycles. The second-order valence-corrected chi connectivity index (χ2v) is 9.45. The predicted molar refractivity (Wildman–Crippen MR) is 142 cm³/mol. The number of nitrogens with zero attached hydrogens (tertiary/aromatic N) is 2. The van der Waals surface area contributed by atoms with E-state index in [0.717, 1.165) is 11.3 Å². The molecular formula is C28H26N2O8S. The van der Waals surface area contributed by atoms with Gasteiger partial charge in [-0.15, -0.1) is 0 Å². The number of methoxy groups -OCH3 is 1. The molecule has 3 aromatic rings. The first-order chi connectivity index (χ1) is 18.6. The Morgan fingerprint density at radius 1 is 1.03 bits per heavy atom. The van der Waals surface area contributed by atoms with Crippen LogP contribution in [0.15, 0.2) is 63.5 Å². The van der Waals surface area contributed by atoms with Gasteiger partial charge >= 0.3 is 17.9 Å². The number of esters is 3. The first-order valence-corrected chi connectivity index (χ1v) is 12.8. The highest BCUT2D eigenvalue weighted by Crippen LogP contribution is 2.36. The average molecular weight is 551 g/mol. The lowest BCUT2D eigenvalue weighted by molar-refractivity contribution is -0.139. The molecule has 11 heteroatoms. The molecule has 4 rings (SSSR count). The number of fused-ring (bicyclic) bond motifs is 1. The second-order valence-electron chi connectivity index (χ2n) is 8.44. The lowest BCUT2D eigenvalue weighted by Crippen LogP contribution is -2.40. The van der Waals surface area contributed by atoms with Crippen molar-refractivity contribution in [2.75, 3.05) is 13.7 Å². The molecule has 1 aromatic heterocycles. The first-order valence-electron chi connectivity index (χ1n) is 12.0. The summed E-state index contributed by atoms with van der Waals surface area (Å²) in [5, 5.41) is 0. The summed E-state index contributed by atoms with van der Waals surface area (Å²) in [4.78, 5) is 55.0. The molecule has 202 valence electrons. The predicted octanol–water partition coefficient (Wildman–Crippen LogP) is 2.66. The van der Waals surface area contributed by atoms with E-state index in [1.807, 2.05) is 0 Å². The summed E-state index contributed by atoms with van der Waals surface area (Å²) < 4.78 is 23.0. The van der Waals surface area contributed by atoms with Crippen molar-refractivity contribution < 1.29 is 33.3 Å². The Kier molecular flexibility index (Phi) is 8.10. The van der Waals surface area contributed by atoms with Gasteiger partial charge in [-0.25, -0.2) is 9.79 Å². The summed E-state index contributed by atoms with van der Waals surface area (Å²) >= 11 is 1.14. The van der Waals surface area contributed by atoms with E-state index in [1.165, 1.54) is 25.5 Å². The van der Waals surface area contributed by atoms with Crippen molar-refractivity contribution in [3.63, 3.8) is 0 Å². The minimum atomic E-state index is -0.897. The highest BCUT2D eigenvalue weighted by Gasteiger charge is 2.34. The molecule has 0 saturated carbocycles. The quantitative estimate of drug-likeness (QED) is 0.325. The Morgan fingerprint density at radius 3 is 2.38 bits per heavy atom. The van der Waals surface area contributed by atoms with Gasteiger partial charge in [0.05, 0.1) is 35.6 Å². The van der Waals surface area contributed by atoms with Crippen LogP contribution in [-0.2, 0) is 19.1 Å². The molecule has 0 radical (unpaired) electrons. The summed E-state index contributed by atoms with van der Waals surface area (Å²) in [5.41, 5.74) is 1.24. The molecule has 10 nitrogen and oxygen atoms in total. The van der Waals surface area contributed by atoms with E-state index in [-0.39, 0.29) is 23.7 Å². The summed E-state index contributed by atoms with van der Waals surface area (Å²) in [7, 11) is 1.42. The Labute approximate surface area is 227 Å². The van der Waals surface area contributed by atoms with Crippen LogP contribution in [0.3, 0.4) is 0 Å². The van der Waals surface area contributed by atoms with Crippen LogP contribution in [0, 0.1) is 0 Å². The summed E-state index contributed by atoms with van der Waals surface area (Å²) in [5.74, 6) is -0.869. The standard InChI is InChI=1S/C28H26N2O8S/c1-6-36-27(34)24-15(2)29-28-30(25(24)19-11-12-21(38-17(4)32)22(13-19)35-5)26(33)23(39-28)14-18-9-7-8-10-20(18)37-16(3)31/h7-14,25H,6H2,1-5H3/b23-14+/t25-/m1/s1. The van der Waals surface area contributed by atoms with Gasteiger partial charge in [0.1, 0.15) is 5.75 Å². The van der Waals surface area contributed by atoms with Gasteiger partial charge in [0.2, 0.25) is 0 Å². The summed E-state index contributed by atoms with van der Waals surface area (Å²) in [6.45, 7) is 6.07. The van der Waals surface area contributed by atoms with E-state index in [9.17, 15) is 19.2 Å². The smallest absolute Gasteiger partial charge is 0.338 e. The van der Waals surface area contributed by atoms with E-state index in [0.29, 0.717) is 31.9 Å². The van der Waals surface area contributed by atoms with E-state index in [1.54, 1.807) is 62.4 Å². The molecule has 2 heterocycles. The molecular weight excluding hydrogens is 524 g/mol. The molecule has 0 spiro atoms. The Balaban J connectivity index is 1.95. The van der Waals surface area contributed by atoms with Gasteiger partial charge in [-0.3, -0.25) is 19.0 Å². The third kappa shape index (κ3) is 5.68. The number of carbonyl (C=O) groups is 3. The Morgan fingerprint density at radius 2 is 1.72 bits per heavy atom. The number of para-hydroxylation sites is 1. The van der Waals surface area contributed by atoms with E-state index < -0.39 is 29.5 Å². The molecule has 1 aliphatic rings. The fourth-order valence-electron chi connectivity index (χ4n) is 4.19. The van der Waals surface area contributed by atoms with Gasteiger partial charge in [-0.05, 0) is 43.7 Å². The van der Waals surface area contributed by atoms with Crippen molar-refractivity contribution in [1.82, 2.24) is 4.57 Å². The lowest BCUT2D eigenvalue weighted by atomic mass is 9.95. The number of thiazole rings is 1. The molecule has 1 atom stereocenters. The SMILES string of the molecule is CCOC(=O)C1=C(C)N=c2s/c(=C/c3ccccc3OC(C)=O)c(=O)n2[C@@H]1c1ccc(OC(C)=O)c(OC)c1. The van der Waals surface area contributed by atoms with Gasteiger partial charge in [0.15, 0.2) is 16.3 Å². The Bertz CT molecular complexity index is 1680. The maximum Gasteiger partial charge on any atom is 0.338 e. The van der Waals surface area contributed by atoms with Crippen molar-refractivity contribution >= 4 is 35.3 Å². The van der Waals surface area contributed by atoms with Crippen molar-refractivity contribution in [1.29, 1.82) is 0 Å². The van der Waals surface area contributed by atoms with Crippen molar-refractivity contribution in [3.05, 3.63) is 84.5 Å². The highest BCUT2D eigenvalue weighted by molar-refractivity contribution is 7.07. The maximum absolute atomic E-state index is 13.8. The van der Waals surface area contributed by atoms with Crippen molar-refractivity contribution in [3.8, 4) is 17.2 Å². The Hall–Kier alpha value is -4.51. The molecule has 0 amide bonds. The van der Waals surface area contributed by atoms with Crippen LogP contribution in [0.1, 0.15) is 44.9 Å². The van der Waals surface area contributed by atoms with E-state index >= 15 is 0 Å². The van der Waals surface area contributed by atoms with Gasteiger partial charge in [-0.1, -0.05) is 35.6 Å². The molecule has 0 bridgehead atoms. The second kappa shape index (κ2) is 11.5. The monoisotopic (exact) mass is 550 g/mol. The average Bonchev–Trinajstić information content (AvgIpc) is 3.18. The number of hydrogen-bond donors (Lipinski definition) is 0. The number of ether oxygens (including phenoxy) is 4. The van der Waals surface area contributed by atoms with Gasteiger partial charge in [-0.2, -0.15) is 0 Å². The molecule has 2 aromatic carbocycles. The normalized spacial score (nSPS) is 14.8. The summed E-state index contributed by atoms with van der Waals surface area (Å²) in [6, 6.07) is 10.7. The van der Waals surface area contributed by atoms with Crippen LogP contribution in [-0.4, -0.2) is 36.2 Å². The fraction of sp³-hybridized carbons (Fsp3) is 0.250. The number of aromatic nitrogens is 1. The van der Waals surface area contributed by atoms with Crippen LogP contribution in [0.4, 0.5) is 0 Å². The number of hydrogen-bond acceptors (Lipinski definition) is 10. The number of rotatable bonds is 7. The van der Waals surface area contributed by atoms with Crippen LogP contribution in [0.2, 0.25) is 0 Å². The van der Waals surface area contributed by atoms with E-state index in [2.05, 4.69) is 4.99 Å². The maximum atomic E-state index is 13.8. The van der Waals surface area contributed by atoms with Crippen LogP contribution >= 0.6 is 11.3 Å². The first kappa shape index (κ1) is 27.5. The lowest BCUT2D eigenvalue weighted by Gasteiger charge is -2.25. The molecule has 0 N–H and O–H groups in total. The van der Waals surface area contributed by atoms with Crippen molar-refractivity contribution in [2.45, 2.75) is 33.7 Å². The van der Waals surface area contributed by atoms with E-state index in [4.69, 9.17) is 18.9 Å². The zero-order valence-electron chi connectivity index (χ0n) is 22.0. The summed E-state index contributed by atoms with van der Waals surface area (Å²) in [6.07, 6.45) is 1.62. The molecule has 0 aliphatic carbocycles. The van der Waals surface area contributed by atoms with Crippen LogP contribution < -0.4 is 29.1 Å². The van der Waals surface area contributed by atoms with Gasteiger partial charge in [0.25, 0.3) is 5.56 Å². The minimum Gasteiger partial charge on any atom is -0.493 e. The third-order valence-electron chi connectivity index (χ3n) is 5.73. The number of carbonyl (C=O) groups excluding carboxylic acids is 3. The molecule has 39 heavy (non-hydrogen) atoms. The largest absolute Gasteiger partial charge is 0.493 e. The minimum absolute atomic E-state index is 0.133. The zero-order valence-corrected chi connectivity index (χ0v) is 22.8. The van der Waals surface area contributed by atoms with Crippen LogP contribution in [0.25, 0.3) is 6.08 Å². The van der Waals surface area contributed by atoms with Crippen LogP contribution in [0.5, 0.6) is 17.2 Å². The third-order valence-corrected chi connectivity index (χ3v) is 6.72. The number of allylic oxidation sites excluding steroid dienone is 1. The highest BCUT2D eigenvalue weighted by atomic mass is 32.1.